The van der Waals surface area contributed by atoms with Crippen molar-refractivity contribution in [3.8, 4) is 0 Å². The van der Waals surface area contributed by atoms with E-state index in [9.17, 15) is 22.8 Å². The van der Waals surface area contributed by atoms with Crippen molar-refractivity contribution in [3.63, 3.8) is 0 Å². The van der Waals surface area contributed by atoms with Crippen LogP contribution in [0.5, 0.6) is 0 Å². The van der Waals surface area contributed by atoms with Crippen molar-refractivity contribution >= 4 is 12.2 Å². The zero-order chi connectivity index (χ0) is 13.8. The van der Waals surface area contributed by atoms with Crippen LogP contribution in [0.3, 0.4) is 0 Å². The highest BCUT2D eigenvalue weighted by molar-refractivity contribution is 5.70. The number of nitrogens with zero attached hydrogens (tertiary/aromatic N) is 2. The van der Waals surface area contributed by atoms with Gasteiger partial charge in [0.05, 0.1) is 7.11 Å². The Bertz CT molecular complexity index is 313. The highest BCUT2D eigenvalue weighted by Crippen LogP contribution is 2.15. The molecule has 2 amide bonds. The molecule has 0 aromatic heterocycles. The largest absolute Gasteiger partial charge is 0.453 e. The first kappa shape index (κ1) is 14.4. The minimum absolute atomic E-state index is 0.117. The van der Waals surface area contributed by atoms with Crippen LogP contribution < -0.4 is 0 Å². The van der Waals surface area contributed by atoms with Gasteiger partial charge >= 0.3 is 18.4 Å². The highest BCUT2D eigenvalue weighted by Gasteiger charge is 2.32. The summed E-state index contributed by atoms with van der Waals surface area (Å²) in [4.78, 5) is 24.9. The molecule has 1 heterocycles. The van der Waals surface area contributed by atoms with Gasteiger partial charge in [0.25, 0.3) is 0 Å². The van der Waals surface area contributed by atoms with E-state index in [1.807, 2.05) is 0 Å². The highest BCUT2D eigenvalue weighted by atomic mass is 19.4. The summed E-state index contributed by atoms with van der Waals surface area (Å²) in [6.07, 6.45) is -6.10. The second kappa shape index (κ2) is 5.78. The fourth-order valence-corrected chi connectivity index (χ4v) is 1.44. The standard InChI is InChI=1S/C9H13F3N2O4/c1-17-7(15)13-2-4-14(5-3-13)8(16)18-6-9(10,11)12/h2-6H2,1H3. The number of carbonyl (C=O) groups is 2. The summed E-state index contributed by atoms with van der Waals surface area (Å²) < 4.78 is 44.1. The third kappa shape index (κ3) is 4.30. The van der Waals surface area contributed by atoms with E-state index in [0.29, 0.717) is 0 Å². The van der Waals surface area contributed by atoms with E-state index in [4.69, 9.17) is 0 Å². The van der Waals surface area contributed by atoms with Crippen LogP contribution in [-0.2, 0) is 9.47 Å². The third-order valence-corrected chi connectivity index (χ3v) is 2.33. The fourth-order valence-electron chi connectivity index (χ4n) is 1.44. The average Bonchev–Trinajstić information content (AvgIpc) is 2.34. The molecular weight excluding hydrogens is 257 g/mol. The van der Waals surface area contributed by atoms with E-state index in [-0.39, 0.29) is 26.2 Å². The molecule has 9 heteroatoms. The van der Waals surface area contributed by atoms with Crippen LogP contribution in [0.1, 0.15) is 0 Å². The van der Waals surface area contributed by atoms with Crippen molar-refractivity contribution in [1.82, 2.24) is 9.80 Å². The number of alkyl halides is 3. The van der Waals surface area contributed by atoms with E-state index in [1.165, 1.54) is 12.0 Å². The first-order valence-electron chi connectivity index (χ1n) is 5.15. The van der Waals surface area contributed by atoms with Crippen LogP contribution >= 0.6 is 0 Å². The Balaban J connectivity index is 2.34. The molecule has 18 heavy (non-hydrogen) atoms. The molecule has 0 saturated carbocycles. The van der Waals surface area contributed by atoms with E-state index in [2.05, 4.69) is 9.47 Å². The lowest BCUT2D eigenvalue weighted by molar-refractivity contribution is -0.162. The van der Waals surface area contributed by atoms with Gasteiger partial charge in [-0.15, -0.1) is 0 Å². The molecule has 0 aromatic rings. The van der Waals surface area contributed by atoms with Crippen LogP contribution in [0.4, 0.5) is 22.8 Å². The monoisotopic (exact) mass is 270 g/mol. The number of ether oxygens (including phenoxy) is 2. The average molecular weight is 270 g/mol. The molecule has 0 N–H and O–H groups in total. The van der Waals surface area contributed by atoms with E-state index in [1.54, 1.807) is 0 Å². The molecule has 0 aromatic carbocycles. The van der Waals surface area contributed by atoms with Crippen molar-refractivity contribution in [2.24, 2.45) is 0 Å². The summed E-state index contributed by atoms with van der Waals surface area (Å²) >= 11 is 0. The Kier molecular flexibility index (Phi) is 4.62. The van der Waals surface area contributed by atoms with E-state index >= 15 is 0 Å². The zero-order valence-electron chi connectivity index (χ0n) is 9.70. The van der Waals surface area contributed by atoms with Gasteiger partial charge in [-0.25, -0.2) is 9.59 Å². The molecule has 0 atom stereocenters. The maximum absolute atomic E-state index is 11.8. The molecule has 0 unspecified atom stereocenters. The minimum atomic E-state index is -4.54. The lowest BCUT2D eigenvalue weighted by atomic mass is 10.3. The smallest absolute Gasteiger partial charge is 0.422 e. The van der Waals surface area contributed by atoms with Gasteiger partial charge in [-0.3, -0.25) is 0 Å². The van der Waals surface area contributed by atoms with Crippen LogP contribution in [0.15, 0.2) is 0 Å². The molecule has 1 aliphatic heterocycles. The molecule has 0 bridgehead atoms. The van der Waals surface area contributed by atoms with E-state index in [0.717, 1.165) is 4.90 Å². The molecule has 104 valence electrons. The summed E-state index contributed by atoms with van der Waals surface area (Å²) in [6.45, 7) is -0.970. The second-order valence-electron chi connectivity index (χ2n) is 3.61. The summed E-state index contributed by atoms with van der Waals surface area (Å²) in [5.74, 6) is 0. The first-order valence-corrected chi connectivity index (χ1v) is 5.15. The molecule has 0 spiro atoms. The minimum Gasteiger partial charge on any atom is -0.453 e. The number of amides is 2. The van der Waals surface area contributed by atoms with E-state index < -0.39 is 25.0 Å². The van der Waals surface area contributed by atoms with Gasteiger partial charge in [0, 0.05) is 26.2 Å². The van der Waals surface area contributed by atoms with Crippen molar-refractivity contribution in [2.45, 2.75) is 6.18 Å². The van der Waals surface area contributed by atoms with Crippen molar-refractivity contribution in [3.05, 3.63) is 0 Å². The zero-order valence-corrected chi connectivity index (χ0v) is 9.70. The SMILES string of the molecule is COC(=O)N1CCN(C(=O)OCC(F)(F)F)CC1. The van der Waals surface area contributed by atoms with Gasteiger partial charge in [0.2, 0.25) is 0 Å². The Morgan fingerprint density at radius 3 is 1.89 bits per heavy atom. The third-order valence-electron chi connectivity index (χ3n) is 2.33. The lowest BCUT2D eigenvalue weighted by Gasteiger charge is -2.33. The fraction of sp³-hybridized carbons (Fsp3) is 0.778. The first-order chi connectivity index (χ1) is 8.33. The van der Waals surface area contributed by atoms with Crippen LogP contribution in [-0.4, -0.2) is 68.1 Å². The van der Waals surface area contributed by atoms with Crippen LogP contribution in [0, 0.1) is 0 Å². The molecule has 6 nitrogen and oxygen atoms in total. The van der Waals surface area contributed by atoms with Crippen molar-refractivity contribution in [2.75, 3.05) is 39.9 Å². The number of methoxy groups -OCH3 is 1. The number of piperazine rings is 1. The number of hydrogen-bond donors (Lipinski definition) is 0. The summed E-state index contributed by atoms with van der Waals surface area (Å²) in [5.41, 5.74) is 0. The molecule has 0 radical (unpaired) electrons. The molecule has 1 fully saturated rings. The number of hydrogen-bond acceptors (Lipinski definition) is 4. The van der Waals surface area contributed by atoms with Gasteiger partial charge in [-0.05, 0) is 0 Å². The maximum Gasteiger partial charge on any atom is 0.422 e. The number of carbonyl (C=O) groups excluding carboxylic acids is 2. The molecule has 1 aliphatic rings. The van der Waals surface area contributed by atoms with Crippen LogP contribution in [0.2, 0.25) is 0 Å². The quantitative estimate of drug-likeness (QED) is 0.715. The summed E-state index contributed by atoms with van der Waals surface area (Å²) in [5, 5.41) is 0. The Morgan fingerprint density at radius 1 is 1.06 bits per heavy atom. The van der Waals surface area contributed by atoms with Crippen molar-refractivity contribution in [1.29, 1.82) is 0 Å². The lowest BCUT2D eigenvalue weighted by Crippen LogP contribution is -2.51. The number of rotatable bonds is 1. The Hall–Kier alpha value is -1.67. The summed E-state index contributed by atoms with van der Waals surface area (Å²) in [6, 6.07) is 0. The Labute approximate surface area is 101 Å². The number of halogens is 3. The topological polar surface area (TPSA) is 59.1 Å². The summed E-state index contributed by atoms with van der Waals surface area (Å²) in [7, 11) is 1.23. The molecule has 0 aliphatic carbocycles. The second-order valence-corrected chi connectivity index (χ2v) is 3.61. The molecule has 1 rings (SSSR count). The van der Waals surface area contributed by atoms with Gasteiger partial charge in [0.1, 0.15) is 0 Å². The Morgan fingerprint density at radius 2 is 1.50 bits per heavy atom. The van der Waals surface area contributed by atoms with Gasteiger partial charge in [-0.2, -0.15) is 13.2 Å². The van der Waals surface area contributed by atoms with Gasteiger partial charge in [-0.1, -0.05) is 0 Å². The normalized spacial score (nSPS) is 16.4. The van der Waals surface area contributed by atoms with Gasteiger partial charge < -0.3 is 19.3 Å². The van der Waals surface area contributed by atoms with Crippen LogP contribution in [0.25, 0.3) is 0 Å². The van der Waals surface area contributed by atoms with Gasteiger partial charge in [0.15, 0.2) is 6.61 Å². The molecular formula is C9H13F3N2O4. The van der Waals surface area contributed by atoms with Crippen molar-refractivity contribution < 1.29 is 32.2 Å². The molecule has 1 saturated heterocycles. The maximum atomic E-state index is 11.8. The predicted molar refractivity (Wildman–Crippen MR) is 53.0 cm³/mol. The predicted octanol–water partition coefficient (Wildman–Crippen LogP) is 1.07.